The zero-order valence-electron chi connectivity index (χ0n) is 19.1. The van der Waals surface area contributed by atoms with Crippen LogP contribution in [0.3, 0.4) is 0 Å². The fraction of sp³-hybridized carbons (Fsp3) is 0.920. The summed E-state index contributed by atoms with van der Waals surface area (Å²) in [6, 6.07) is 0. The number of carbonyl (C=O) groups is 2. The van der Waals surface area contributed by atoms with Gasteiger partial charge in [-0.25, -0.2) is 0 Å². The first-order chi connectivity index (χ1) is 13.7. The Morgan fingerprint density at radius 2 is 0.821 bits per heavy atom. The highest BCUT2D eigenvalue weighted by Gasteiger charge is 2.01. The fourth-order valence-electron chi connectivity index (χ4n) is 3.69. The Kier molecular flexibility index (Phi) is 21.7. The first kappa shape index (κ1) is 27.1. The van der Waals surface area contributed by atoms with E-state index in [1.807, 2.05) is 0 Å². The minimum Gasteiger partial charge on any atom is -0.469 e. The smallest absolute Gasteiger partial charge is 0.305 e. The predicted octanol–water partition coefficient (Wildman–Crippen LogP) is 7.94. The van der Waals surface area contributed by atoms with Crippen LogP contribution in [0.4, 0.5) is 0 Å². The largest absolute Gasteiger partial charge is 0.469 e. The molecule has 0 atom stereocenters. The Labute approximate surface area is 175 Å². The second kappa shape index (κ2) is 22.4. The van der Waals surface area contributed by atoms with Crippen molar-refractivity contribution in [1.82, 2.24) is 0 Å². The van der Waals surface area contributed by atoms with Gasteiger partial charge in [0.2, 0.25) is 0 Å². The number of methoxy groups -OCH3 is 1. The summed E-state index contributed by atoms with van der Waals surface area (Å²) in [6.07, 6.45) is 25.0. The van der Waals surface area contributed by atoms with Crippen molar-refractivity contribution >= 4 is 11.8 Å². The van der Waals surface area contributed by atoms with Crippen molar-refractivity contribution < 1.29 is 14.3 Å². The van der Waals surface area contributed by atoms with Crippen LogP contribution >= 0.6 is 0 Å². The average Bonchev–Trinajstić information content (AvgIpc) is 2.70. The van der Waals surface area contributed by atoms with Crippen LogP contribution < -0.4 is 0 Å². The molecule has 166 valence electrons. The van der Waals surface area contributed by atoms with Gasteiger partial charge in [-0.05, 0) is 19.3 Å². The van der Waals surface area contributed by atoms with Gasteiger partial charge in [0, 0.05) is 19.3 Å². The summed E-state index contributed by atoms with van der Waals surface area (Å²) in [5.74, 6) is 0.405. The van der Waals surface area contributed by atoms with Crippen molar-refractivity contribution in [3.63, 3.8) is 0 Å². The lowest BCUT2D eigenvalue weighted by Gasteiger charge is -2.04. The van der Waals surface area contributed by atoms with Gasteiger partial charge >= 0.3 is 5.97 Å². The highest BCUT2D eigenvalue weighted by atomic mass is 16.5. The van der Waals surface area contributed by atoms with E-state index in [1.165, 1.54) is 97.0 Å². The molecule has 0 unspecified atom stereocenters. The van der Waals surface area contributed by atoms with Gasteiger partial charge in [-0.1, -0.05) is 103 Å². The number of esters is 1. The van der Waals surface area contributed by atoms with Crippen molar-refractivity contribution in [2.45, 2.75) is 142 Å². The van der Waals surface area contributed by atoms with Gasteiger partial charge in [-0.3, -0.25) is 9.59 Å². The lowest BCUT2D eigenvalue weighted by atomic mass is 10.0. The molecule has 0 aromatic heterocycles. The molecule has 0 aromatic rings. The lowest BCUT2D eigenvalue weighted by molar-refractivity contribution is -0.140. The molecule has 0 rings (SSSR count). The minimum absolute atomic E-state index is 0.0760. The minimum atomic E-state index is -0.0760. The van der Waals surface area contributed by atoms with E-state index in [4.69, 9.17) is 0 Å². The summed E-state index contributed by atoms with van der Waals surface area (Å²) in [5, 5.41) is 0. The van der Waals surface area contributed by atoms with Crippen LogP contribution in [0.25, 0.3) is 0 Å². The number of hydrogen-bond acceptors (Lipinski definition) is 3. The number of rotatable bonds is 22. The second-order valence-corrected chi connectivity index (χ2v) is 8.38. The molecule has 3 nitrogen and oxygen atoms in total. The summed E-state index contributed by atoms with van der Waals surface area (Å²) in [4.78, 5) is 22.7. The normalized spacial score (nSPS) is 10.9. The van der Waals surface area contributed by atoms with Gasteiger partial charge < -0.3 is 4.74 Å². The van der Waals surface area contributed by atoms with Crippen molar-refractivity contribution in [1.29, 1.82) is 0 Å². The number of ether oxygens (including phenoxy) is 1. The van der Waals surface area contributed by atoms with Crippen molar-refractivity contribution in [3.05, 3.63) is 0 Å². The molecule has 3 heteroatoms. The zero-order valence-corrected chi connectivity index (χ0v) is 19.1. The van der Waals surface area contributed by atoms with E-state index in [0.29, 0.717) is 12.2 Å². The molecule has 0 amide bonds. The molecule has 0 aliphatic rings. The lowest BCUT2D eigenvalue weighted by Crippen LogP contribution is -1.99. The molecular formula is C25H48O3. The summed E-state index contributed by atoms with van der Waals surface area (Å²) < 4.78 is 4.65. The van der Waals surface area contributed by atoms with E-state index in [9.17, 15) is 9.59 Å². The maximum atomic E-state index is 11.7. The van der Waals surface area contributed by atoms with Crippen LogP contribution in [-0.2, 0) is 14.3 Å². The van der Waals surface area contributed by atoms with Crippen LogP contribution in [0, 0.1) is 0 Å². The fourth-order valence-corrected chi connectivity index (χ4v) is 3.69. The molecule has 28 heavy (non-hydrogen) atoms. The third kappa shape index (κ3) is 21.4. The van der Waals surface area contributed by atoms with E-state index in [1.54, 1.807) is 0 Å². The average molecular weight is 397 g/mol. The number of Topliss-reactive ketones (excluding diaryl/α,β-unsaturated/α-hetero) is 1. The molecule has 0 spiro atoms. The number of ketones is 1. The van der Waals surface area contributed by atoms with Crippen LogP contribution in [0.15, 0.2) is 0 Å². The highest BCUT2D eigenvalue weighted by Crippen LogP contribution is 2.14. The second-order valence-electron chi connectivity index (χ2n) is 8.38. The molecule has 0 aliphatic heterocycles. The molecule has 0 bridgehead atoms. The van der Waals surface area contributed by atoms with Crippen LogP contribution in [0.2, 0.25) is 0 Å². The summed E-state index contributed by atoms with van der Waals surface area (Å²) in [6.45, 7) is 2.18. The van der Waals surface area contributed by atoms with E-state index >= 15 is 0 Å². The topological polar surface area (TPSA) is 43.4 Å². The summed E-state index contributed by atoms with van der Waals surface area (Å²) >= 11 is 0. The first-order valence-corrected chi connectivity index (χ1v) is 12.3. The Morgan fingerprint density at radius 1 is 0.500 bits per heavy atom. The van der Waals surface area contributed by atoms with Gasteiger partial charge in [0.05, 0.1) is 7.11 Å². The van der Waals surface area contributed by atoms with E-state index in [2.05, 4.69) is 11.7 Å². The van der Waals surface area contributed by atoms with Crippen molar-refractivity contribution in [3.8, 4) is 0 Å². The molecule has 0 N–H and O–H groups in total. The highest BCUT2D eigenvalue weighted by molar-refractivity contribution is 5.78. The third-order valence-electron chi connectivity index (χ3n) is 5.62. The monoisotopic (exact) mass is 396 g/mol. The Bertz CT molecular complexity index is 352. The van der Waals surface area contributed by atoms with Crippen LogP contribution in [0.5, 0.6) is 0 Å². The molecular weight excluding hydrogens is 348 g/mol. The first-order valence-electron chi connectivity index (χ1n) is 12.3. The molecule has 0 radical (unpaired) electrons. The van der Waals surface area contributed by atoms with E-state index in [0.717, 1.165) is 38.5 Å². The standard InChI is InChI=1S/C25H48O3/c1-3-4-18-21-24(26)22-19-16-14-12-10-8-6-5-7-9-11-13-15-17-20-23-25(27)28-2/h3-23H2,1-2H3. The van der Waals surface area contributed by atoms with Gasteiger partial charge in [0.15, 0.2) is 0 Å². The van der Waals surface area contributed by atoms with E-state index < -0.39 is 0 Å². The van der Waals surface area contributed by atoms with Gasteiger partial charge in [0.25, 0.3) is 0 Å². The molecule has 0 aromatic carbocycles. The Morgan fingerprint density at radius 3 is 1.18 bits per heavy atom. The maximum Gasteiger partial charge on any atom is 0.305 e. The van der Waals surface area contributed by atoms with Crippen molar-refractivity contribution in [2.75, 3.05) is 7.11 Å². The van der Waals surface area contributed by atoms with Gasteiger partial charge in [0.1, 0.15) is 5.78 Å². The molecule has 0 saturated heterocycles. The van der Waals surface area contributed by atoms with Gasteiger partial charge in [-0.15, -0.1) is 0 Å². The predicted molar refractivity (Wildman–Crippen MR) is 120 cm³/mol. The molecule has 0 fully saturated rings. The molecule has 0 heterocycles. The molecule has 0 aliphatic carbocycles. The third-order valence-corrected chi connectivity index (χ3v) is 5.62. The maximum absolute atomic E-state index is 11.7. The number of hydrogen-bond donors (Lipinski definition) is 0. The Hall–Kier alpha value is -0.860. The summed E-state index contributed by atoms with van der Waals surface area (Å²) in [7, 11) is 1.46. The number of unbranched alkanes of at least 4 members (excludes halogenated alkanes) is 16. The van der Waals surface area contributed by atoms with E-state index in [-0.39, 0.29) is 5.97 Å². The van der Waals surface area contributed by atoms with Gasteiger partial charge in [-0.2, -0.15) is 0 Å². The number of carbonyl (C=O) groups excluding carboxylic acids is 2. The van der Waals surface area contributed by atoms with Crippen LogP contribution in [-0.4, -0.2) is 18.9 Å². The van der Waals surface area contributed by atoms with Crippen LogP contribution in [0.1, 0.15) is 142 Å². The molecule has 0 saturated carbocycles. The summed E-state index contributed by atoms with van der Waals surface area (Å²) in [5.41, 5.74) is 0. The quantitative estimate of drug-likeness (QED) is 0.138. The van der Waals surface area contributed by atoms with Crippen molar-refractivity contribution in [2.24, 2.45) is 0 Å². The zero-order chi connectivity index (χ0) is 20.7. The Balaban J connectivity index is 3.10. The SMILES string of the molecule is CCCCCC(=O)CCCCCCCCCCCCCCCCCC(=O)OC.